The number of nitrogens with one attached hydrogen (secondary N) is 1. The molecular weight excluding hydrogens is 370 g/mol. The standard InChI is InChI=1S/C22H31N3O2S/c1-21(2,3)14-18(26)24-20-19(17-6-5-13-28-17)25(12-9-22(20,4)27)15-16-7-10-23-11-8-16/h5-8,10-11,13,19-20,27H,9,12,14-15H2,1-4H3,(H,24,26)/t19-,20-,22+/m0/s1. The molecule has 1 aliphatic rings. The average molecular weight is 402 g/mol. The SMILES string of the molecule is CC(C)(C)CC(=O)N[C@H]1[C@H](c2cccs2)N(Cc2ccncc2)CC[C@@]1(C)O. The van der Waals surface area contributed by atoms with Crippen molar-refractivity contribution in [3.05, 3.63) is 52.5 Å². The number of aromatic nitrogens is 1. The molecular formula is C22H31N3O2S. The molecule has 3 rings (SSSR count). The number of aliphatic hydroxyl groups is 1. The van der Waals surface area contributed by atoms with Gasteiger partial charge in [0.25, 0.3) is 0 Å². The van der Waals surface area contributed by atoms with Crippen molar-refractivity contribution >= 4 is 17.2 Å². The van der Waals surface area contributed by atoms with E-state index in [0.29, 0.717) is 12.8 Å². The smallest absolute Gasteiger partial charge is 0.220 e. The second-order valence-corrected chi connectivity index (χ2v) is 10.2. The molecule has 3 heterocycles. The van der Waals surface area contributed by atoms with Crippen molar-refractivity contribution in [3.63, 3.8) is 0 Å². The third-order valence-corrected chi connectivity index (χ3v) is 6.20. The van der Waals surface area contributed by atoms with Gasteiger partial charge in [-0.3, -0.25) is 14.7 Å². The minimum absolute atomic E-state index is 0.00917. The largest absolute Gasteiger partial charge is 0.388 e. The molecule has 6 heteroatoms. The lowest BCUT2D eigenvalue weighted by atomic mass is 9.81. The molecule has 1 saturated heterocycles. The van der Waals surface area contributed by atoms with Crippen LogP contribution in [-0.4, -0.2) is 39.1 Å². The Morgan fingerprint density at radius 3 is 2.68 bits per heavy atom. The van der Waals surface area contributed by atoms with Crippen LogP contribution in [0.3, 0.4) is 0 Å². The number of pyridine rings is 1. The van der Waals surface area contributed by atoms with Crippen molar-refractivity contribution in [2.75, 3.05) is 6.54 Å². The van der Waals surface area contributed by atoms with Gasteiger partial charge in [0, 0.05) is 36.8 Å². The van der Waals surface area contributed by atoms with Crippen molar-refractivity contribution in [3.8, 4) is 0 Å². The molecule has 1 aliphatic heterocycles. The van der Waals surface area contributed by atoms with Crippen LogP contribution >= 0.6 is 11.3 Å². The molecule has 152 valence electrons. The van der Waals surface area contributed by atoms with Crippen LogP contribution in [0.4, 0.5) is 0 Å². The van der Waals surface area contributed by atoms with E-state index < -0.39 is 5.60 Å². The van der Waals surface area contributed by atoms with E-state index in [9.17, 15) is 9.90 Å². The van der Waals surface area contributed by atoms with Gasteiger partial charge < -0.3 is 10.4 Å². The van der Waals surface area contributed by atoms with Crippen molar-refractivity contribution in [1.29, 1.82) is 0 Å². The average Bonchev–Trinajstić information content (AvgIpc) is 3.11. The number of piperidine rings is 1. The molecule has 5 nitrogen and oxygen atoms in total. The number of hydrogen-bond donors (Lipinski definition) is 2. The predicted octanol–water partition coefficient (Wildman–Crippen LogP) is 3.76. The fraction of sp³-hybridized carbons (Fsp3) is 0.545. The summed E-state index contributed by atoms with van der Waals surface area (Å²) in [5.41, 5.74) is 0.120. The molecule has 0 aliphatic carbocycles. The Bertz CT molecular complexity index is 769. The summed E-state index contributed by atoms with van der Waals surface area (Å²) in [5.74, 6) is -0.00917. The van der Waals surface area contributed by atoms with E-state index >= 15 is 0 Å². The highest BCUT2D eigenvalue weighted by atomic mass is 32.1. The molecule has 2 aromatic rings. The van der Waals surface area contributed by atoms with Gasteiger partial charge in [0.1, 0.15) is 0 Å². The summed E-state index contributed by atoms with van der Waals surface area (Å²) >= 11 is 1.67. The maximum absolute atomic E-state index is 12.7. The maximum atomic E-state index is 12.7. The second kappa shape index (κ2) is 8.31. The third-order valence-electron chi connectivity index (χ3n) is 5.26. The van der Waals surface area contributed by atoms with E-state index in [4.69, 9.17) is 0 Å². The van der Waals surface area contributed by atoms with Crippen LogP contribution < -0.4 is 5.32 Å². The lowest BCUT2D eigenvalue weighted by Gasteiger charge is -2.49. The molecule has 2 N–H and O–H groups in total. The lowest BCUT2D eigenvalue weighted by molar-refractivity contribution is -0.130. The van der Waals surface area contributed by atoms with Gasteiger partial charge in [-0.25, -0.2) is 0 Å². The Morgan fingerprint density at radius 2 is 2.07 bits per heavy atom. The van der Waals surface area contributed by atoms with Crippen molar-refractivity contribution in [1.82, 2.24) is 15.2 Å². The Hall–Kier alpha value is -1.76. The topological polar surface area (TPSA) is 65.5 Å². The van der Waals surface area contributed by atoms with Gasteiger partial charge in [0.05, 0.1) is 17.7 Å². The number of thiophene rings is 1. The number of nitrogens with zero attached hydrogens (tertiary/aromatic N) is 2. The van der Waals surface area contributed by atoms with Crippen LogP contribution in [0.2, 0.25) is 0 Å². The molecule has 28 heavy (non-hydrogen) atoms. The zero-order valence-electron chi connectivity index (χ0n) is 17.2. The monoisotopic (exact) mass is 401 g/mol. The molecule has 1 fully saturated rings. The van der Waals surface area contributed by atoms with Crippen molar-refractivity contribution in [2.24, 2.45) is 5.41 Å². The van der Waals surface area contributed by atoms with E-state index in [1.807, 2.05) is 25.1 Å². The zero-order chi connectivity index (χ0) is 20.4. The summed E-state index contributed by atoms with van der Waals surface area (Å²) in [5, 5.41) is 16.4. The summed E-state index contributed by atoms with van der Waals surface area (Å²) in [4.78, 5) is 20.4. The number of rotatable bonds is 5. The van der Waals surface area contributed by atoms with E-state index in [1.54, 1.807) is 23.7 Å². The number of amides is 1. The quantitative estimate of drug-likeness (QED) is 0.801. The van der Waals surface area contributed by atoms with E-state index in [0.717, 1.165) is 18.0 Å². The molecule has 0 aromatic carbocycles. The number of carbonyl (C=O) groups is 1. The predicted molar refractivity (Wildman–Crippen MR) is 113 cm³/mol. The summed E-state index contributed by atoms with van der Waals surface area (Å²) in [6.45, 7) is 9.53. The molecule has 0 saturated carbocycles. The first-order chi connectivity index (χ1) is 13.2. The molecule has 2 aromatic heterocycles. The Morgan fingerprint density at radius 1 is 1.36 bits per heavy atom. The van der Waals surface area contributed by atoms with Gasteiger partial charge in [-0.05, 0) is 47.9 Å². The van der Waals surface area contributed by atoms with Gasteiger partial charge in [-0.1, -0.05) is 26.8 Å². The van der Waals surface area contributed by atoms with E-state index in [2.05, 4.69) is 47.4 Å². The molecule has 0 bridgehead atoms. The molecule has 1 amide bonds. The highest BCUT2D eigenvalue weighted by Crippen LogP contribution is 2.39. The van der Waals surface area contributed by atoms with E-state index in [-0.39, 0.29) is 23.4 Å². The highest BCUT2D eigenvalue weighted by Gasteiger charge is 2.46. The molecule has 3 atom stereocenters. The summed E-state index contributed by atoms with van der Waals surface area (Å²) in [6.07, 6.45) is 4.65. The molecule has 0 unspecified atom stereocenters. The Balaban J connectivity index is 1.89. The Kier molecular flexibility index (Phi) is 6.22. The zero-order valence-corrected chi connectivity index (χ0v) is 18.0. The third kappa shape index (κ3) is 5.19. The van der Waals surface area contributed by atoms with Gasteiger partial charge in [0.15, 0.2) is 0 Å². The highest BCUT2D eigenvalue weighted by molar-refractivity contribution is 7.10. The summed E-state index contributed by atoms with van der Waals surface area (Å²) in [7, 11) is 0. The fourth-order valence-electron chi connectivity index (χ4n) is 3.86. The van der Waals surface area contributed by atoms with Gasteiger partial charge in [-0.2, -0.15) is 0 Å². The summed E-state index contributed by atoms with van der Waals surface area (Å²) in [6, 6.07) is 7.73. The first-order valence-corrected chi connectivity index (χ1v) is 10.7. The Labute approximate surface area is 171 Å². The number of likely N-dealkylation sites (tertiary alicyclic amines) is 1. The molecule has 0 spiro atoms. The minimum atomic E-state index is -0.961. The van der Waals surface area contributed by atoms with Crippen LogP contribution in [0.1, 0.15) is 57.0 Å². The van der Waals surface area contributed by atoms with Crippen LogP contribution in [0, 0.1) is 5.41 Å². The fourth-order valence-corrected chi connectivity index (χ4v) is 4.76. The van der Waals surface area contributed by atoms with Crippen LogP contribution in [0.5, 0.6) is 0 Å². The van der Waals surface area contributed by atoms with Crippen LogP contribution in [0.15, 0.2) is 42.0 Å². The summed E-state index contributed by atoms with van der Waals surface area (Å²) < 4.78 is 0. The van der Waals surface area contributed by atoms with Gasteiger partial charge >= 0.3 is 0 Å². The van der Waals surface area contributed by atoms with Gasteiger partial charge in [-0.15, -0.1) is 11.3 Å². The normalized spacial score (nSPS) is 26.2. The number of hydrogen-bond acceptors (Lipinski definition) is 5. The van der Waals surface area contributed by atoms with Crippen LogP contribution in [-0.2, 0) is 11.3 Å². The second-order valence-electron chi connectivity index (χ2n) is 9.18. The first kappa shape index (κ1) is 21.0. The van der Waals surface area contributed by atoms with Crippen molar-refractivity contribution in [2.45, 2.75) is 64.8 Å². The minimum Gasteiger partial charge on any atom is -0.388 e. The molecule has 0 radical (unpaired) electrons. The van der Waals surface area contributed by atoms with Crippen LogP contribution in [0.25, 0.3) is 0 Å². The maximum Gasteiger partial charge on any atom is 0.220 e. The van der Waals surface area contributed by atoms with Crippen molar-refractivity contribution < 1.29 is 9.90 Å². The first-order valence-electron chi connectivity index (χ1n) is 9.84. The van der Waals surface area contributed by atoms with Gasteiger partial charge in [0.2, 0.25) is 5.91 Å². The van der Waals surface area contributed by atoms with E-state index in [1.165, 1.54) is 5.56 Å². The number of carbonyl (C=O) groups excluding carboxylic acids is 1. The lowest BCUT2D eigenvalue weighted by Crippen LogP contribution is -2.62.